The first-order valence-corrected chi connectivity index (χ1v) is 9.69. The molecular formula is C22H28N4O2. The number of carbonyl (C=O) groups excluding carboxylic acids is 2. The van der Waals surface area contributed by atoms with Crippen molar-refractivity contribution in [2.24, 2.45) is 5.92 Å². The summed E-state index contributed by atoms with van der Waals surface area (Å²) >= 11 is 0. The smallest absolute Gasteiger partial charge is 0.241 e. The maximum Gasteiger partial charge on any atom is 0.241 e. The zero-order valence-corrected chi connectivity index (χ0v) is 16.5. The van der Waals surface area contributed by atoms with Gasteiger partial charge in [-0.25, -0.2) is 0 Å². The van der Waals surface area contributed by atoms with Crippen LogP contribution in [-0.2, 0) is 9.59 Å². The highest BCUT2D eigenvalue weighted by Gasteiger charge is 2.36. The van der Waals surface area contributed by atoms with Crippen LogP contribution in [0.5, 0.6) is 0 Å². The maximum absolute atomic E-state index is 12.5. The summed E-state index contributed by atoms with van der Waals surface area (Å²) in [7, 11) is 3.90. The van der Waals surface area contributed by atoms with Crippen LogP contribution in [0, 0.1) is 5.92 Å². The Morgan fingerprint density at radius 1 is 1.04 bits per heavy atom. The second kappa shape index (κ2) is 9.26. The van der Waals surface area contributed by atoms with Crippen molar-refractivity contribution >= 4 is 23.2 Å². The van der Waals surface area contributed by atoms with Gasteiger partial charge in [0.05, 0.1) is 18.2 Å². The van der Waals surface area contributed by atoms with Gasteiger partial charge in [-0.15, -0.1) is 0 Å². The third-order valence-corrected chi connectivity index (χ3v) is 5.13. The highest BCUT2D eigenvalue weighted by molar-refractivity contribution is 5.90. The van der Waals surface area contributed by atoms with Crippen molar-refractivity contribution in [3.05, 3.63) is 60.7 Å². The third kappa shape index (κ3) is 4.82. The average Bonchev–Trinajstić information content (AvgIpc) is 3.13. The van der Waals surface area contributed by atoms with E-state index in [1.165, 1.54) is 0 Å². The van der Waals surface area contributed by atoms with Crippen molar-refractivity contribution in [2.45, 2.75) is 12.8 Å². The molecule has 3 rings (SSSR count). The number of para-hydroxylation sites is 2. The number of carbonyl (C=O) groups is 2. The lowest BCUT2D eigenvalue weighted by atomic mass is 10.1. The summed E-state index contributed by atoms with van der Waals surface area (Å²) < 4.78 is 0. The summed E-state index contributed by atoms with van der Waals surface area (Å²) in [6, 6.07) is 19.9. The van der Waals surface area contributed by atoms with Gasteiger partial charge in [-0.05, 0) is 30.7 Å². The molecule has 1 saturated heterocycles. The van der Waals surface area contributed by atoms with Crippen LogP contribution < -0.4 is 15.2 Å². The van der Waals surface area contributed by atoms with E-state index < -0.39 is 0 Å². The molecule has 1 aliphatic heterocycles. The number of nitrogens with one attached hydrogen (secondary N) is 1. The zero-order valence-electron chi connectivity index (χ0n) is 16.5. The minimum Gasteiger partial charge on any atom is -0.375 e. The minimum absolute atomic E-state index is 0.0182. The number of anilines is 2. The van der Waals surface area contributed by atoms with Gasteiger partial charge in [0.2, 0.25) is 11.8 Å². The van der Waals surface area contributed by atoms with Crippen LogP contribution in [0.2, 0.25) is 0 Å². The molecule has 1 aliphatic rings. The molecule has 0 saturated carbocycles. The average molecular weight is 380 g/mol. The van der Waals surface area contributed by atoms with E-state index >= 15 is 0 Å². The first-order chi connectivity index (χ1) is 13.6. The zero-order chi connectivity index (χ0) is 19.9. The van der Waals surface area contributed by atoms with E-state index in [0.717, 1.165) is 24.3 Å². The molecule has 0 aliphatic carbocycles. The van der Waals surface area contributed by atoms with E-state index in [1.54, 1.807) is 5.01 Å². The van der Waals surface area contributed by atoms with E-state index in [9.17, 15) is 9.59 Å². The van der Waals surface area contributed by atoms with E-state index in [-0.39, 0.29) is 24.2 Å². The van der Waals surface area contributed by atoms with Gasteiger partial charge in [0, 0.05) is 39.3 Å². The van der Waals surface area contributed by atoms with Gasteiger partial charge < -0.3 is 10.2 Å². The lowest BCUT2D eigenvalue weighted by molar-refractivity contribution is -0.129. The van der Waals surface area contributed by atoms with Crippen LogP contribution in [0.3, 0.4) is 0 Å². The summed E-state index contributed by atoms with van der Waals surface area (Å²) in [5.41, 5.74) is 2.09. The van der Waals surface area contributed by atoms with Crippen molar-refractivity contribution in [1.29, 1.82) is 0 Å². The first-order valence-electron chi connectivity index (χ1n) is 9.69. The predicted octanol–water partition coefficient (Wildman–Crippen LogP) is 2.53. The number of hydrogen-bond acceptors (Lipinski definition) is 4. The molecule has 2 aromatic carbocycles. The molecule has 0 spiro atoms. The van der Waals surface area contributed by atoms with E-state index in [0.29, 0.717) is 13.1 Å². The molecule has 0 radical (unpaired) electrons. The summed E-state index contributed by atoms with van der Waals surface area (Å²) in [4.78, 5) is 27.0. The van der Waals surface area contributed by atoms with Gasteiger partial charge in [0.25, 0.3) is 0 Å². The van der Waals surface area contributed by atoms with Gasteiger partial charge in [-0.3, -0.25) is 19.6 Å². The van der Waals surface area contributed by atoms with Crippen molar-refractivity contribution in [3.8, 4) is 0 Å². The minimum atomic E-state index is -0.300. The molecule has 0 aromatic heterocycles. The molecule has 1 heterocycles. The van der Waals surface area contributed by atoms with Crippen LogP contribution in [0.25, 0.3) is 0 Å². The number of hydrogen-bond donors (Lipinski definition) is 1. The Bertz CT molecular complexity index is 782. The molecule has 1 unspecified atom stereocenters. The highest BCUT2D eigenvalue weighted by atomic mass is 16.2. The van der Waals surface area contributed by atoms with Crippen LogP contribution >= 0.6 is 0 Å². The molecule has 1 atom stereocenters. The summed E-state index contributed by atoms with van der Waals surface area (Å²) in [5, 5.41) is 6.47. The number of rotatable bonds is 8. The Morgan fingerprint density at radius 2 is 1.64 bits per heavy atom. The number of benzene rings is 2. The molecular weight excluding hydrogens is 352 g/mol. The molecule has 0 bridgehead atoms. The van der Waals surface area contributed by atoms with Crippen molar-refractivity contribution < 1.29 is 9.59 Å². The van der Waals surface area contributed by atoms with Crippen LogP contribution in [0.4, 0.5) is 11.4 Å². The van der Waals surface area contributed by atoms with Crippen molar-refractivity contribution in [2.75, 3.05) is 43.6 Å². The first kappa shape index (κ1) is 19.7. The van der Waals surface area contributed by atoms with E-state index in [2.05, 4.69) is 22.3 Å². The molecule has 6 heteroatoms. The fraction of sp³-hybridized carbons (Fsp3) is 0.364. The molecule has 1 fully saturated rings. The van der Waals surface area contributed by atoms with Crippen molar-refractivity contribution in [3.63, 3.8) is 0 Å². The SMILES string of the molecule is CN(CCCNC(=O)C1CC(=O)N(N(C)c2ccccc2)C1)c1ccccc1. The molecule has 2 amide bonds. The van der Waals surface area contributed by atoms with Crippen LogP contribution in [-0.4, -0.2) is 50.6 Å². The highest BCUT2D eigenvalue weighted by Crippen LogP contribution is 2.23. The topological polar surface area (TPSA) is 55.9 Å². The molecule has 148 valence electrons. The fourth-order valence-electron chi connectivity index (χ4n) is 3.42. The summed E-state index contributed by atoms with van der Waals surface area (Å²) in [6.07, 6.45) is 1.11. The second-order valence-electron chi connectivity index (χ2n) is 7.14. The fourth-order valence-corrected chi connectivity index (χ4v) is 3.42. The predicted molar refractivity (Wildman–Crippen MR) is 112 cm³/mol. The normalized spacial score (nSPS) is 16.1. The van der Waals surface area contributed by atoms with Crippen LogP contribution in [0.1, 0.15) is 12.8 Å². The molecule has 6 nitrogen and oxygen atoms in total. The standard InChI is InChI=1S/C22H28N4O2/c1-24(19-10-5-3-6-11-19)15-9-14-23-22(28)18-16-21(27)26(17-18)25(2)20-12-7-4-8-13-20/h3-8,10-13,18H,9,14-17H2,1-2H3,(H,23,28). The van der Waals surface area contributed by atoms with Gasteiger partial charge >= 0.3 is 0 Å². The lowest BCUT2D eigenvalue weighted by Gasteiger charge is -2.30. The monoisotopic (exact) mass is 380 g/mol. The quantitative estimate of drug-likeness (QED) is 0.715. The largest absolute Gasteiger partial charge is 0.375 e. The van der Waals surface area contributed by atoms with Gasteiger partial charge in [-0.2, -0.15) is 0 Å². The number of nitrogens with zero attached hydrogens (tertiary/aromatic N) is 3. The van der Waals surface area contributed by atoms with E-state index in [1.807, 2.05) is 67.6 Å². The number of amides is 2. The Hall–Kier alpha value is -3.02. The van der Waals surface area contributed by atoms with Gasteiger partial charge in [-0.1, -0.05) is 36.4 Å². The van der Waals surface area contributed by atoms with E-state index in [4.69, 9.17) is 0 Å². The van der Waals surface area contributed by atoms with Crippen molar-refractivity contribution in [1.82, 2.24) is 10.3 Å². The summed E-state index contributed by atoms with van der Waals surface area (Å²) in [5.74, 6) is -0.361. The Kier molecular flexibility index (Phi) is 6.53. The second-order valence-corrected chi connectivity index (χ2v) is 7.14. The molecule has 1 N–H and O–H groups in total. The Balaban J connectivity index is 1.43. The maximum atomic E-state index is 12.5. The Morgan fingerprint density at radius 3 is 2.29 bits per heavy atom. The van der Waals surface area contributed by atoms with Gasteiger partial charge in [0.1, 0.15) is 0 Å². The number of hydrazine groups is 1. The van der Waals surface area contributed by atoms with Gasteiger partial charge in [0.15, 0.2) is 0 Å². The van der Waals surface area contributed by atoms with Crippen LogP contribution in [0.15, 0.2) is 60.7 Å². The molecule has 2 aromatic rings. The summed E-state index contributed by atoms with van der Waals surface area (Å²) in [6.45, 7) is 1.88. The molecule has 28 heavy (non-hydrogen) atoms. The third-order valence-electron chi connectivity index (χ3n) is 5.13. The Labute approximate surface area is 166 Å². The lowest BCUT2D eigenvalue weighted by Crippen LogP contribution is -2.42.